The van der Waals surface area contributed by atoms with E-state index in [2.05, 4.69) is 17.9 Å². The number of unbranched alkanes of at least 4 members (excludes halogenated alkanes) is 1. The molecule has 1 saturated heterocycles. The molecule has 0 radical (unpaired) electrons. The van der Waals surface area contributed by atoms with Crippen LogP contribution >= 0.6 is 12.6 Å². The number of aliphatic hydroxyl groups excluding tert-OH is 1. The number of thiol groups is 1. The number of rotatable bonds is 13. The number of amides is 1. The molecule has 1 amide bonds. The Kier molecular flexibility index (Phi) is 12.5. The van der Waals surface area contributed by atoms with Crippen LogP contribution in [0.5, 0.6) is 0 Å². The molecule has 2 N–H and O–H groups in total. The van der Waals surface area contributed by atoms with Crippen molar-refractivity contribution >= 4 is 30.1 Å². The van der Waals surface area contributed by atoms with Gasteiger partial charge in [0.2, 0.25) is 5.91 Å². The summed E-state index contributed by atoms with van der Waals surface area (Å²) in [5.74, 6) is -0.924. The van der Waals surface area contributed by atoms with Crippen LogP contribution in [0.4, 0.5) is 0 Å². The number of carbonyl (C=O) groups is 2. The summed E-state index contributed by atoms with van der Waals surface area (Å²) in [5, 5.41) is 12.5. The van der Waals surface area contributed by atoms with E-state index < -0.39 is 23.4 Å². The lowest BCUT2D eigenvalue weighted by Gasteiger charge is -2.25. The van der Waals surface area contributed by atoms with Crippen molar-refractivity contribution in [3.8, 4) is 0 Å². The van der Waals surface area contributed by atoms with Crippen molar-refractivity contribution in [3.05, 3.63) is 42.0 Å². The molecular weight excluding hydrogens is 442 g/mol. The number of methoxy groups -OCH3 is 1. The molecular formula is C25H37NO6S. The zero-order valence-corrected chi connectivity index (χ0v) is 20.5. The van der Waals surface area contributed by atoms with E-state index in [4.69, 9.17) is 14.2 Å². The van der Waals surface area contributed by atoms with Crippen molar-refractivity contribution < 1.29 is 28.9 Å². The summed E-state index contributed by atoms with van der Waals surface area (Å²) >= 11 is 4.66. The van der Waals surface area contributed by atoms with Gasteiger partial charge in [-0.25, -0.2) is 4.79 Å². The first-order chi connectivity index (χ1) is 15.9. The van der Waals surface area contributed by atoms with E-state index in [0.717, 1.165) is 49.8 Å². The summed E-state index contributed by atoms with van der Waals surface area (Å²) in [6.45, 7) is 2.74. The Morgan fingerprint density at radius 3 is 2.67 bits per heavy atom. The third-order valence-electron chi connectivity index (χ3n) is 5.54. The lowest BCUT2D eigenvalue weighted by Crippen LogP contribution is -2.47. The molecule has 1 aromatic rings. The second kappa shape index (κ2) is 15.1. The van der Waals surface area contributed by atoms with Gasteiger partial charge in [-0.2, -0.15) is 12.6 Å². The number of hydrogen-bond acceptors (Lipinski definition) is 7. The number of carbonyl (C=O) groups excluding carboxylic acids is 2. The average Bonchev–Trinajstić information content (AvgIpc) is 2.83. The summed E-state index contributed by atoms with van der Waals surface area (Å²) in [6, 6.07) is 8.56. The largest absolute Gasteiger partial charge is 0.467 e. The van der Waals surface area contributed by atoms with Crippen LogP contribution in [0.25, 0.3) is 5.57 Å². The molecule has 8 heteroatoms. The number of benzene rings is 1. The van der Waals surface area contributed by atoms with Gasteiger partial charge in [-0.05, 0) is 56.1 Å². The minimum atomic E-state index is -0.946. The van der Waals surface area contributed by atoms with Crippen LogP contribution in [0.15, 0.2) is 36.4 Å². The number of nitrogens with one attached hydrogen (secondary N) is 1. The van der Waals surface area contributed by atoms with Crippen LogP contribution in [-0.2, 0) is 23.8 Å². The Bertz CT molecular complexity index is 751. The Labute approximate surface area is 202 Å². The van der Waals surface area contributed by atoms with Crippen molar-refractivity contribution in [2.45, 2.75) is 75.6 Å². The predicted molar refractivity (Wildman–Crippen MR) is 131 cm³/mol. The van der Waals surface area contributed by atoms with Gasteiger partial charge >= 0.3 is 5.97 Å². The van der Waals surface area contributed by atoms with Crippen molar-refractivity contribution in [2.24, 2.45) is 0 Å². The monoisotopic (exact) mass is 479 g/mol. The van der Waals surface area contributed by atoms with Gasteiger partial charge in [-0.15, -0.1) is 0 Å². The smallest absolute Gasteiger partial charge is 0.329 e. The van der Waals surface area contributed by atoms with Crippen molar-refractivity contribution in [1.29, 1.82) is 0 Å². The fourth-order valence-corrected chi connectivity index (χ4v) is 4.20. The molecule has 0 bridgehead atoms. The molecule has 33 heavy (non-hydrogen) atoms. The van der Waals surface area contributed by atoms with E-state index in [1.807, 2.05) is 36.4 Å². The molecule has 0 aliphatic carbocycles. The van der Waals surface area contributed by atoms with Gasteiger partial charge < -0.3 is 24.6 Å². The molecule has 7 nitrogen and oxygen atoms in total. The maximum Gasteiger partial charge on any atom is 0.329 e. The van der Waals surface area contributed by atoms with Crippen LogP contribution < -0.4 is 5.32 Å². The highest BCUT2D eigenvalue weighted by molar-refractivity contribution is 7.81. The second-order valence-corrected chi connectivity index (χ2v) is 8.78. The van der Waals surface area contributed by atoms with E-state index in [1.165, 1.54) is 14.0 Å². The van der Waals surface area contributed by atoms with Crippen molar-refractivity contribution in [1.82, 2.24) is 5.32 Å². The van der Waals surface area contributed by atoms with Gasteiger partial charge in [0, 0.05) is 20.1 Å². The minimum Gasteiger partial charge on any atom is -0.467 e. The van der Waals surface area contributed by atoms with Crippen LogP contribution in [0.3, 0.4) is 0 Å². The summed E-state index contributed by atoms with van der Waals surface area (Å²) in [6.07, 6.45) is 7.20. The lowest BCUT2D eigenvalue weighted by molar-refractivity contribution is -0.162. The van der Waals surface area contributed by atoms with Gasteiger partial charge in [0.1, 0.15) is 6.04 Å². The minimum absolute atomic E-state index is 0.0845. The fraction of sp³-hybridized carbons (Fsp3) is 0.600. The van der Waals surface area contributed by atoms with Gasteiger partial charge in [0.15, 0.2) is 6.29 Å². The maximum absolute atomic E-state index is 12.3. The zero-order chi connectivity index (χ0) is 24.1. The van der Waals surface area contributed by atoms with E-state index in [-0.39, 0.29) is 12.2 Å². The van der Waals surface area contributed by atoms with Gasteiger partial charge in [-0.3, -0.25) is 4.79 Å². The molecule has 0 aromatic heterocycles. The number of ether oxygens (including phenoxy) is 3. The van der Waals surface area contributed by atoms with Crippen LogP contribution in [0.1, 0.15) is 57.4 Å². The highest BCUT2D eigenvalue weighted by Gasteiger charge is 2.30. The molecule has 1 aromatic carbocycles. The van der Waals surface area contributed by atoms with E-state index in [1.54, 1.807) is 0 Å². The fourth-order valence-electron chi connectivity index (χ4n) is 3.75. The third-order valence-corrected chi connectivity index (χ3v) is 6.11. The predicted octanol–water partition coefficient (Wildman–Crippen LogP) is 3.51. The van der Waals surface area contributed by atoms with E-state index in [0.29, 0.717) is 19.4 Å². The lowest BCUT2D eigenvalue weighted by atomic mass is 9.95. The molecule has 1 aliphatic heterocycles. The van der Waals surface area contributed by atoms with E-state index >= 15 is 0 Å². The van der Waals surface area contributed by atoms with E-state index in [9.17, 15) is 14.7 Å². The molecule has 0 saturated carbocycles. The van der Waals surface area contributed by atoms with Gasteiger partial charge in [-0.1, -0.05) is 36.4 Å². The molecule has 184 valence electrons. The Hall–Kier alpha value is -1.87. The quantitative estimate of drug-likeness (QED) is 0.228. The highest BCUT2D eigenvalue weighted by atomic mass is 32.1. The molecule has 1 fully saturated rings. The summed E-state index contributed by atoms with van der Waals surface area (Å²) in [4.78, 5) is 23.9. The summed E-state index contributed by atoms with van der Waals surface area (Å²) < 4.78 is 16.2. The Morgan fingerprint density at radius 1 is 1.27 bits per heavy atom. The summed E-state index contributed by atoms with van der Waals surface area (Å²) in [5.41, 5.74) is 1.62. The maximum atomic E-state index is 12.3. The standard InChI is InChI=1S/C25H37NO6S/c1-18(27)26-23(25(29)30-2)24(33)21(19-10-4-3-5-11-19)15-14-20(28)12-6-8-16-31-22-13-7-9-17-32-22/h3-5,10-11,15,20,22-24,28,33H,6-9,12-14,16-17H2,1-2H3,(H,26,27)/b21-15-/t20-,22-,23?,24+/m0/s1. The Balaban J connectivity index is 1.95. The van der Waals surface area contributed by atoms with Crippen molar-refractivity contribution in [3.63, 3.8) is 0 Å². The number of aliphatic hydroxyl groups is 1. The highest BCUT2D eigenvalue weighted by Crippen LogP contribution is 2.27. The van der Waals surface area contributed by atoms with Gasteiger partial charge in [0.25, 0.3) is 0 Å². The normalized spacial score (nSPS) is 19.4. The molecule has 1 aliphatic rings. The van der Waals surface area contributed by atoms with Crippen LogP contribution in [0.2, 0.25) is 0 Å². The van der Waals surface area contributed by atoms with Crippen LogP contribution in [0, 0.1) is 0 Å². The first-order valence-electron chi connectivity index (χ1n) is 11.6. The molecule has 1 heterocycles. The van der Waals surface area contributed by atoms with Crippen LogP contribution in [-0.4, -0.2) is 61.0 Å². The topological polar surface area (TPSA) is 94.1 Å². The molecule has 2 rings (SSSR count). The van der Waals surface area contributed by atoms with Gasteiger partial charge in [0.05, 0.1) is 18.5 Å². The van der Waals surface area contributed by atoms with Crippen molar-refractivity contribution in [2.75, 3.05) is 20.3 Å². The molecule has 1 unspecified atom stereocenters. The zero-order valence-electron chi connectivity index (χ0n) is 19.6. The first-order valence-corrected chi connectivity index (χ1v) is 12.1. The molecule has 4 atom stereocenters. The second-order valence-electron chi connectivity index (χ2n) is 8.22. The molecule has 0 spiro atoms. The third kappa shape index (κ3) is 9.88. The Morgan fingerprint density at radius 2 is 2.03 bits per heavy atom. The SMILES string of the molecule is COC(=O)C(NC(C)=O)[C@H](S)/C(=C\C[C@@H](O)CCCCO[C@@H]1CCCCO1)c1ccccc1. The number of hydrogen-bond donors (Lipinski definition) is 3. The number of esters is 1. The first kappa shape index (κ1) is 27.4. The average molecular weight is 480 g/mol. The summed E-state index contributed by atoms with van der Waals surface area (Å²) in [7, 11) is 1.28.